The second-order valence-corrected chi connectivity index (χ2v) is 7.05. The van der Waals surface area contributed by atoms with Crippen molar-refractivity contribution < 1.29 is 23.8 Å². The molecular weight excluding hydrogens is 375 g/mol. The van der Waals surface area contributed by atoms with Crippen LogP contribution in [-0.4, -0.2) is 60.9 Å². The molecule has 1 aliphatic heterocycles. The number of ketones is 1. The number of aliphatic hydroxyl groups is 1. The SMILES string of the molecule is COc1ccc(/C(O)=C2\C(=O)C(=O)N(CCN(C)C)[C@H]2c2ccccc2F)cc1. The first-order valence-corrected chi connectivity index (χ1v) is 9.17. The highest BCUT2D eigenvalue weighted by atomic mass is 19.1. The van der Waals surface area contributed by atoms with E-state index in [0.717, 1.165) is 0 Å². The molecule has 2 aromatic carbocycles. The smallest absolute Gasteiger partial charge is 0.295 e. The summed E-state index contributed by atoms with van der Waals surface area (Å²) in [5.41, 5.74) is 0.391. The lowest BCUT2D eigenvalue weighted by Gasteiger charge is -2.26. The van der Waals surface area contributed by atoms with Crippen LogP contribution in [0, 0.1) is 5.82 Å². The van der Waals surface area contributed by atoms with Crippen molar-refractivity contribution in [2.75, 3.05) is 34.3 Å². The average molecular weight is 398 g/mol. The molecule has 1 atom stereocenters. The van der Waals surface area contributed by atoms with Gasteiger partial charge in [-0.3, -0.25) is 9.59 Å². The van der Waals surface area contributed by atoms with Gasteiger partial charge in [-0.1, -0.05) is 18.2 Å². The third kappa shape index (κ3) is 4.00. The third-order valence-electron chi connectivity index (χ3n) is 4.89. The van der Waals surface area contributed by atoms with Crippen molar-refractivity contribution in [1.82, 2.24) is 9.80 Å². The monoisotopic (exact) mass is 398 g/mol. The van der Waals surface area contributed by atoms with Gasteiger partial charge in [-0.15, -0.1) is 0 Å². The Bertz CT molecular complexity index is 954. The molecule has 6 nitrogen and oxygen atoms in total. The molecule has 0 unspecified atom stereocenters. The maximum Gasteiger partial charge on any atom is 0.295 e. The summed E-state index contributed by atoms with van der Waals surface area (Å²) in [4.78, 5) is 28.7. The van der Waals surface area contributed by atoms with Crippen LogP contribution < -0.4 is 4.74 Å². The average Bonchev–Trinajstić information content (AvgIpc) is 2.96. The highest BCUT2D eigenvalue weighted by molar-refractivity contribution is 6.46. The Morgan fingerprint density at radius 2 is 1.79 bits per heavy atom. The van der Waals surface area contributed by atoms with Gasteiger partial charge >= 0.3 is 0 Å². The van der Waals surface area contributed by atoms with Crippen molar-refractivity contribution in [3.63, 3.8) is 0 Å². The normalized spacial score (nSPS) is 18.5. The van der Waals surface area contributed by atoms with Crippen LogP contribution in [-0.2, 0) is 9.59 Å². The molecule has 1 fully saturated rings. The summed E-state index contributed by atoms with van der Waals surface area (Å²) in [5.74, 6) is -1.89. The first kappa shape index (κ1) is 20.5. The van der Waals surface area contributed by atoms with E-state index < -0.39 is 23.5 Å². The topological polar surface area (TPSA) is 70.1 Å². The number of halogens is 1. The van der Waals surface area contributed by atoms with E-state index in [1.54, 1.807) is 30.3 Å². The largest absolute Gasteiger partial charge is 0.507 e. The van der Waals surface area contributed by atoms with Crippen molar-refractivity contribution in [1.29, 1.82) is 0 Å². The summed E-state index contributed by atoms with van der Waals surface area (Å²) in [7, 11) is 5.20. The Labute approximate surface area is 168 Å². The number of hydrogen-bond acceptors (Lipinski definition) is 5. The van der Waals surface area contributed by atoms with Gasteiger partial charge in [0.15, 0.2) is 0 Å². The molecule has 0 spiro atoms. The number of amides is 1. The lowest BCUT2D eigenvalue weighted by Crippen LogP contribution is -2.35. The molecule has 0 bridgehead atoms. The van der Waals surface area contributed by atoms with E-state index in [1.165, 1.54) is 30.2 Å². The number of likely N-dealkylation sites (tertiary alicyclic amines) is 1. The summed E-state index contributed by atoms with van der Waals surface area (Å²) in [6, 6.07) is 11.4. The number of aliphatic hydroxyl groups excluding tert-OH is 1. The second-order valence-electron chi connectivity index (χ2n) is 7.05. The molecular formula is C22H23FN2O4. The van der Waals surface area contributed by atoms with Gasteiger partial charge in [0.05, 0.1) is 18.7 Å². The van der Waals surface area contributed by atoms with Gasteiger partial charge in [0.25, 0.3) is 11.7 Å². The molecule has 1 saturated heterocycles. The fourth-order valence-corrected chi connectivity index (χ4v) is 3.34. The van der Waals surface area contributed by atoms with Gasteiger partial charge in [-0.25, -0.2) is 4.39 Å². The van der Waals surface area contributed by atoms with Crippen LogP contribution in [0.5, 0.6) is 5.75 Å². The molecule has 1 aliphatic rings. The number of nitrogens with zero attached hydrogens (tertiary/aromatic N) is 2. The Morgan fingerprint density at radius 3 is 2.38 bits per heavy atom. The van der Waals surface area contributed by atoms with Crippen LogP contribution in [0.1, 0.15) is 17.2 Å². The van der Waals surface area contributed by atoms with Crippen LogP contribution >= 0.6 is 0 Å². The quantitative estimate of drug-likeness (QED) is 0.460. The van der Waals surface area contributed by atoms with Gasteiger partial charge in [-0.2, -0.15) is 0 Å². The summed E-state index contributed by atoms with van der Waals surface area (Å²) in [6.07, 6.45) is 0. The van der Waals surface area contributed by atoms with Crippen LogP contribution in [0.25, 0.3) is 5.76 Å². The lowest BCUT2D eigenvalue weighted by atomic mass is 9.95. The standard InChI is InChI=1S/C22H23FN2O4/c1-24(2)12-13-25-19(16-6-4-5-7-17(16)23)18(21(27)22(25)28)20(26)14-8-10-15(29-3)11-9-14/h4-11,19,26H,12-13H2,1-3H3/b20-18+/t19-/m0/s1. The zero-order chi connectivity index (χ0) is 21.1. The highest BCUT2D eigenvalue weighted by Crippen LogP contribution is 2.40. The number of carbonyl (C=O) groups is 2. The summed E-state index contributed by atoms with van der Waals surface area (Å²) in [6.45, 7) is 0.705. The van der Waals surface area contributed by atoms with E-state index in [-0.39, 0.29) is 23.4 Å². The Balaban J connectivity index is 2.14. The minimum atomic E-state index is -1.00. The van der Waals surface area contributed by atoms with Crippen LogP contribution in [0.3, 0.4) is 0 Å². The Morgan fingerprint density at radius 1 is 1.14 bits per heavy atom. The number of benzene rings is 2. The van der Waals surface area contributed by atoms with Gasteiger partial charge in [0.1, 0.15) is 17.3 Å². The number of ether oxygens (including phenoxy) is 1. The molecule has 0 saturated carbocycles. The molecule has 1 amide bonds. The van der Waals surface area contributed by atoms with Gasteiger partial charge in [0, 0.05) is 24.2 Å². The maximum atomic E-state index is 14.6. The maximum absolute atomic E-state index is 14.6. The lowest BCUT2D eigenvalue weighted by molar-refractivity contribution is -0.140. The van der Waals surface area contributed by atoms with Gasteiger partial charge in [0.2, 0.25) is 0 Å². The first-order chi connectivity index (χ1) is 13.8. The van der Waals surface area contributed by atoms with Crippen LogP contribution in [0.4, 0.5) is 4.39 Å². The number of carbonyl (C=O) groups excluding carboxylic acids is 2. The second kappa shape index (κ2) is 8.45. The zero-order valence-electron chi connectivity index (χ0n) is 16.6. The number of hydrogen-bond donors (Lipinski definition) is 1. The molecule has 1 N–H and O–H groups in total. The molecule has 0 radical (unpaired) electrons. The predicted molar refractivity (Wildman–Crippen MR) is 107 cm³/mol. The Kier molecular flexibility index (Phi) is 5.98. The molecule has 0 aromatic heterocycles. The van der Waals surface area contributed by atoms with Crippen molar-refractivity contribution >= 4 is 17.4 Å². The molecule has 29 heavy (non-hydrogen) atoms. The van der Waals surface area contributed by atoms with Crippen molar-refractivity contribution in [3.05, 3.63) is 71.0 Å². The first-order valence-electron chi connectivity index (χ1n) is 9.17. The number of Topliss-reactive ketones (excluding diaryl/α,β-unsaturated/α-hetero) is 1. The minimum absolute atomic E-state index is 0.121. The van der Waals surface area contributed by atoms with Crippen LogP contribution in [0.15, 0.2) is 54.1 Å². The predicted octanol–water partition coefficient (Wildman–Crippen LogP) is 2.82. The molecule has 2 aromatic rings. The minimum Gasteiger partial charge on any atom is -0.507 e. The summed E-state index contributed by atoms with van der Waals surface area (Å²) in [5, 5.41) is 10.9. The van der Waals surface area contributed by atoms with Crippen molar-refractivity contribution in [2.45, 2.75) is 6.04 Å². The van der Waals surface area contributed by atoms with Crippen molar-refractivity contribution in [2.24, 2.45) is 0 Å². The fourth-order valence-electron chi connectivity index (χ4n) is 3.34. The van der Waals surface area contributed by atoms with E-state index >= 15 is 0 Å². The number of rotatable bonds is 6. The summed E-state index contributed by atoms with van der Waals surface area (Å²) < 4.78 is 19.7. The third-order valence-corrected chi connectivity index (χ3v) is 4.89. The van der Waals surface area contributed by atoms with E-state index in [9.17, 15) is 19.1 Å². The molecule has 7 heteroatoms. The fraction of sp³-hybridized carbons (Fsp3) is 0.273. The van der Waals surface area contributed by atoms with E-state index in [0.29, 0.717) is 17.9 Å². The molecule has 3 rings (SSSR count). The van der Waals surface area contributed by atoms with Crippen molar-refractivity contribution in [3.8, 4) is 5.75 Å². The van der Waals surface area contributed by atoms with E-state index in [2.05, 4.69) is 0 Å². The molecule has 152 valence electrons. The molecule has 0 aliphatic carbocycles. The number of methoxy groups -OCH3 is 1. The summed E-state index contributed by atoms with van der Waals surface area (Å²) >= 11 is 0. The van der Waals surface area contributed by atoms with E-state index in [4.69, 9.17) is 4.74 Å². The van der Waals surface area contributed by atoms with E-state index in [1.807, 2.05) is 19.0 Å². The zero-order valence-corrected chi connectivity index (χ0v) is 16.6. The van der Waals surface area contributed by atoms with Gasteiger partial charge < -0.3 is 19.6 Å². The highest BCUT2D eigenvalue weighted by Gasteiger charge is 2.46. The van der Waals surface area contributed by atoms with Crippen LogP contribution in [0.2, 0.25) is 0 Å². The molecule has 1 heterocycles. The van der Waals surface area contributed by atoms with Gasteiger partial charge in [-0.05, 0) is 44.4 Å². The number of likely N-dealkylation sites (N-methyl/N-ethyl adjacent to an activating group) is 1. The Hall–Kier alpha value is -3.19.